The minimum Gasteiger partial charge on any atom is -0.494 e. The van der Waals surface area contributed by atoms with Crippen molar-refractivity contribution in [3.63, 3.8) is 0 Å². The molecule has 0 aliphatic heterocycles. The molecular formula is C15H11BrClFO3. The predicted molar refractivity (Wildman–Crippen MR) is 81.9 cm³/mol. The maximum Gasteiger partial charge on any atom is 0.200 e. The minimum absolute atomic E-state index is 0.0865. The number of carbonyl (C=O) groups excluding carboxylic acids is 1. The fourth-order valence-corrected chi connectivity index (χ4v) is 2.39. The van der Waals surface area contributed by atoms with Gasteiger partial charge in [-0.2, -0.15) is 0 Å². The predicted octanol–water partition coefficient (Wildman–Crippen LogP) is 4.51. The number of benzene rings is 2. The second kappa shape index (κ2) is 6.91. The van der Waals surface area contributed by atoms with Gasteiger partial charge in [0.2, 0.25) is 0 Å². The highest BCUT2D eigenvalue weighted by Gasteiger charge is 2.12. The topological polar surface area (TPSA) is 35.5 Å². The molecule has 0 atom stereocenters. The molecule has 0 radical (unpaired) electrons. The molecule has 21 heavy (non-hydrogen) atoms. The molecule has 0 heterocycles. The summed E-state index contributed by atoms with van der Waals surface area (Å²) in [5.41, 5.74) is 0.210. The summed E-state index contributed by atoms with van der Waals surface area (Å²) in [6, 6.07) is 9.06. The van der Waals surface area contributed by atoms with Crippen LogP contribution >= 0.6 is 27.5 Å². The Bertz CT molecular complexity index is 676. The first-order valence-corrected chi connectivity index (χ1v) is 7.13. The zero-order valence-corrected chi connectivity index (χ0v) is 13.4. The van der Waals surface area contributed by atoms with Gasteiger partial charge in [0, 0.05) is 10.0 Å². The third-order valence-corrected chi connectivity index (χ3v) is 3.52. The summed E-state index contributed by atoms with van der Waals surface area (Å²) in [6.07, 6.45) is 0. The molecule has 0 fully saturated rings. The van der Waals surface area contributed by atoms with E-state index >= 15 is 0 Å². The summed E-state index contributed by atoms with van der Waals surface area (Å²) in [6.45, 7) is -0.229. The van der Waals surface area contributed by atoms with E-state index in [0.717, 1.165) is 10.5 Å². The molecule has 0 spiro atoms. The number of hydrogen-bond acceptors (Lipinski definition) is 3. The van der Waals surface area contributed by atoms with Gasteiger partial charge in [-0.15, -0.1) is 0 Å². The number of rotatable bonds is 5. The van der Waals surface area contributed by atoms with Crippen molar-refractivity contribution in [3.8, 4) is 11.5 Å². The Labute approximate surface area is 134 Å². The van der Waals surface area contributed by atoms with Crippen molar-refractivity contribution in [2.75, 3.05) is 13.7 Å². The molecule has 0 aliphatic rings. The lowest BCUT2D eigenvalue weighted by Crippen LogP contribution is -2.12. The molecular weight excluding hydrogens is 363 g/mol. The van der Waals surface area contributed by atoms with E-state index in [1.165, 1.54) is 19.2 Å². The van der Waals surface area contributed by atoms with Gasteiger partial charge in [-0.3, -0.25) is 4.79 Å². The van der Waals surface area contributed by atoms with Crippen molar-refractivity contribution in [1.82, 2.24) is 0 Å². The molecule has 0 aromatic heterocycles. The second-order valence-corrected chi connectivity index (χ2v) is 5.46. The second-order valence-electron chi connectivity index (χ2n) is 4.14. The van der Waals surface area contributed by atoms with Crippen LogP contribution in [-0.4, -0.2) is 19.5 Å². The van der Waals surface area contributed by atoms with Gasteiger partial charge in [0.05, 0.1) is 12.1 Å². The number of carbonyl (C=O) groups is 1. The average molecular weight is 374 g/mol. The highest BCUT2D eigenvalue weighted by atomic mass is 79.9. The number of ketones is 1. The SMILES string of the molecule is COc1ccc(C(=O)COc2ccc(Br)cc2Cl)cc1F. The third kappa shape index (κ3) is 3.95. The number of halogens is 3. The van der Waals surface area contributed by atoms with E-state index in [9.17, 15) is 9.18 Å². The van der Waals surface area contributed by atoms with Crippen LogP contribution < -0.4 is 9.47 Å². The van der Waals surface area contributed by atoms with Gasteiger partial charge in [-0.25, -0.2) is 4.39 Å². The van der Waals surface area contributed by atoms with Gasteiger partial charge in [0.25, 0.3) is 0 Å². The van der Waals surface area contributed by atoms with Gasteiger partial charge in [0.15, 0.2) is 24.0 Å². The summed E-state index contributed by atoms with van der Waals surface area (Å²) in [4.78, 5) is 12.0. The molecule has 2 aromatic carbocycles. The fourth-order valence-electron chi connectivity index (χ4n) is 1.66. The van der Waals surface area contributed by atoms with E-state index in [-0.39, 0.29) is 23.7 Å². The Kier molecular flexibility index (Phi) is 5.20. The van der Waals surface area contributed by atoms with Crippen LogP contribution in [-0.2, 0) is 0 Å². The molecule has 110 valence electrons. The Morgan fingerprint density at radius 2 is 1.95 bits per heavy atom. The molecule has 0 amide bonds. The molecule has 0 N–H and O–H groups in total. The van der Waals surface area contributed by atoms with Crippen LogP contribution in [0, 0.1) is 5.82 Å². The van der Waals surface area contributed by atoms with Crippen molar-refractivity contribution >= 4 is 33.3 Å². The van der Waals surface area contributed by atoms with E-state index in [1.54, 1.807) is 18.2 Å². The van der Waals surface area contributed by atoms with Crippen LogP contribution in [0.5, 0.6) is 11.5 Å². The lowest BCUT2D eigenvalue weighted by molar-refractivity contribution is 0.0921. The highest BCUT2D eigenvalue weighted by molar-refractivity contribution is 9.10. The van der Waals surface area contributed by atoms with Gasteiger partial charge in [-0.1, -0.05) is 27.5 Å². The lowest BCUT2D eigenvalue weighted by atomic mass is 10.1. The molecule has 0 saturated heterocycles. The van der Waals surface area contributed by atoms with E-state index in [4.69, 9.17) is 21.1 Å². The average Bonchev–Trinajstić information content (AvgIpc) is 2.46. The number of methoxy groups -OCH3 is 1. The zero-order valence-electron chi connectivity index (χ0n) is 11.0. The Morgan fingerprint density at radius 1 is 1.24 bits per heavy atom. The highest BCUT2D eigenvalue weighted by Crippen LogP contribution is 2.28. The van der Waals surface area contributed by atoms with Crippen LogP contribution in [0.1, 0.15) is 10.4 Å². The monoisotopic (exact) mass is 372 g/mol. The number of hydrogen-bond donors (Lipinski definition) is 0. The van der Waals surface area contributed by atoms with Crippen LogP contribution in [0.15, 0.2) is 40.9 Å². The summed E-state index contributed by atoms with van der Waals surface area (Å²) in [5.74, 6) is -0.466. The first kappa shape index (κ1) is 15.8. The van der Waals surface area contributed by atoms with Crippen molar-refractivity contribution in [2.24, 2.45) is 0 Å². The number of ether oxygens (including phenoxy) is 2. The summed E-state index contributed by atoms with van der Waals surface area (Å²) < 4.78 is 24.5. The Balaban J connectivity index is 2.06. The van der Waals surface area contributed by atoms with Crippen molar-refractivity contribution < 1.29 is 18.7 Å². The normalized spacial score (nSPS) is 10.3. The van der Waals surface area contributed by atoms with Gasteiger partial charge in [0.1, 0.15) is 5.75 Å². The van der Waals surface area contributed by atoms with Crippen molar-refractivity contribution in [1.29, 1.82) is 0 Å². The van der Waals surface area contributed by atoms with Crippen molar-refractivity contribution in [3.05, 3.63) is 57.3 Å². The summed E-state index contributed by atoms with van der Waals surface area (Å²) >= 11 is 9.26. The molecule has 2 rings (SSSR count). The molecule has 0 saturated carbocycles. The van der Waals surface area contributed by atoms with Gasteiger partial charge >= 0.3 is 0 Å². The molecule has 6 heteroatoms. The Morgan fingerprint density at radius 3 is 2.57 bits per heavy atom. The molecule has 0 aliphatic carbocycles. The largest absolute Gasteiger partial charge is 0.494 e. The lowest BCUT2D eigenvalue weighted by Gasteiger charge is -2.08. The smallest absolute Gasteiger partial charge is 0.200 e. The Hall–Kier alpha value is -1.59. The van der Waals surface area contributed by atoms with Crippen LogP contribution in [0.4, 0.5) is 4.39 Å². The summed E-state index contributed by atoms with van der Waals surface area (Å²) in [5, 5.41) is 0.387. The van der Waals surface area contributed by atoms with Crippen LogP contribution in [0.2, 0.25) is 5.02 Å². The first-order valence-electron chi connectivity index (χ1n) is 5.96. The summed E-state index contributed by atoms with van der Waals surface area (Å²) in [7, 11) is 1.36. The quantitative estimate of drug-likeness (QED) is 0.723. The van der Waals surface area contributed by atoms with Crippen LogP contribution in [0.3, 0.4) is 0 Å². The third-order valence-electron chi connectivity index (χ3n) is 2.73. The molecule has 0 bridgehead atoms. The fraction of sp³-hybridized carbons (Fsp3) is 0.133. The maximum atomic E-state index is 13.5. The zero-order chi connectivity index (χ0) is 15.4. The standard InChI is InChI=1S/C15H11BrClFO3/c1-20-15-4-2-9(6-12(15)18)13(19)8-21-14-5-3-10(16)7-11(14)17/h2-7H,8H2,1H3. The maximum absolute atomic E-state index is 13.5. The molecule has 3 nitrogen and oxygen atoms in total. The molecule has 0 unspecified atom stereocenters. The van der Waals surface area contributed by atoms with Gasteiger partial charge < -0.3 is 9.47 Å². The molecule has 2 aromatic rings. The van der Waals surface area contributed by atoms with Gasteiger partial charge in [-0.05, 0) is 36.4 Å². The van der Waals surface area contributed by atoms with E-state index in [2.05, 4.69) is 15.9 Å². The minimum atomic E-state index is -0.593. The first-order chi connectivity index (χ1) is 10.0. The number of Topliss-reactive ketones (excluding diaryl/α,β-unsaturated/α-hetero) is 1. The van der Waals surface area contributed by atoms with E-state index < -0.39 is 5.82 Å². The van der Waals surface area contributed by atoms with E-state index in [1.807, 2.05) is 0 Å². The van der Waals surface area contributed by atoms with Crippen LogP contribution in [0.25, 0.3) is 0 Å². The van der Waals surface area contributed by atoms with E-state index in [0.29, 0.717) is 10.8 Å². The van der Waals surface area contributed by atoms with Crippen molar-refractivity contribution in [2.45, 2.75) is 0 Å².